The second-order valence-corrected chi connectivity index (χ2v) is 14.5. The Morgan fingerprint density at radius 1 is 1.11 bits per heavy atom. The highest BCUT2D eigenvalue weighted by molar-refractivity contribution is 14.2. The van der Waals surface area contributed by atoms with E-state index in [1.165, 1.54) is 0 Å². The van der Waals surface area contributed by atoms with Gasteiger partial charge in [-0.1, -0.05) is 0 Å². The summed E-state index contributed by atoms with van der Waals surface area (Å²) in [4.78, 5) is 35.2. The van der Waals surface area contributed by atoms with Crippen LogP contribution in [0.1, 0.15) is 6.23 Å². The van der Waals surface area contributed by atoms with Crippen LogP contribution in [0.25, 0.3) is 0 Å². The van der Waals surface area contributed by atoms with Gasteiger partial charge in [0.2, 0.25) is 0 Å². The molecule has 3 heterocycles. The molecule has 3 rings (SSSR count). The summed E-state index contributed by atoms with van der Waals surface area (Å²) in [5.41, 5.74) is -1.61. The number of hydrogen-bond donors (Lipinski definition) is 7. The van der Waals surface area contributed by atoms with Gasteiger partial charge in [0.1, 0.15) is 48.5 Å². The van der Waals surface area contributed by atoms with Crippen molar-refractivity contribution in [3.05, 3.63) is 44.9 Å². The van der Waals surface area contributed by atoms with Crippen molar-refractivity contribution in [1.29, 1.82) is 0 Å². The molecule has 7 N–H and O–H groups in total. The Morgan fingerprint density at radius 3 is 2.43 bits per heavy atom. The zero-order valence-corrected chi connectivity index (χ0v) is 21.5. The van der Waals surface area contributed by atoms with Gasteiger partial charge in [-0.3, -0.25) is 23.4 Å². The molecular formula is C16H23IN2O14P2. The predicted octanol–water partition coefficient (Wildman–Crippen LogP) is -2.09. The molecule has 0 aromatic carbocycles. The zero-order chi connectivity index (χ0) is 26.1. The summed E-state index contributed by atoms with van der Waals surface area (Å²) in [6.45, 7) is -1.38. The molecule has 7 unspecified atom stereocenters. The Labute approximate surface area is 209 Å². The third-order valence-corrected chi connectivity index (χ3v) is 10.4. The molecule has 1 aromatic heterocycles. The number of ether oxygens (including phenoxy) is 2. The summed E-state index contributed by atoms with van der Waals surface area (Å²) >= 11 is 1.13. The van der Waals surface area contributed by atoms with Crippen molar-refractivity contribution in [3.63, 3.8) is 0 Å². The monoisotopic (exact) mass is 656 g/mol. The van der Waals surface area contributed by atoms with E-state index in [1.54, 1.807) is 0 Å². The molecule has 0 amide bonds. The fourth-order valence-electron chi connectivity index (χ4n) is 3.34. The van der Waals surface area contributed by atoms with Crippen LogP contribution in [-0.4, -0.2) is 96.0 Å². The summed E-state index contributed by atoms with van der Waals surface area (Å²) in [7, 11) is -4.72. The highest BCUT2D eigenvalue weighted by Crippen LogP contribution is 2.68. The predicted molar refractivity (Wildman–Crippen MR) is 123 cm³/mol. The summed E-state index contributed by atoms with van der Waals surface area (Å²) in [6.07, 6.45) is -9.14. The molecule has 0 spiro atoms. The normalized spacial score (nSPS) is 34.5. The number of allylic oxidation sites excluding steroid dienone is 1. The zero-order valence-electron chi connectivity index (χ0n) is 17.6. The van der Waals surface area contributed by atoms with Crippen molar-refractivity contribution >= 4 is 34.9 Å². The summed E-state index contributed by atoms with van der Waals surface area (Å²) in [6, 6.07) is 0.993. The Hall–Kier alpha value is -0.950. The first kappa shape index (κ1) is 28.6. The minimum absolute atomic E-state index is 0.295. The van der Waals surface area contributed by atoms with E-state index in [-0.39, 0.29) is 5.76 Å². The minimum atomic E-state index is -4.72. The van der Waals surface area contributed by atoms with Crippen LogP contribution in [0.5, 0.6) is 0 Å². The number of H-pyrrole nitrogens is 1. The second-order valence-electron chi connectivity index (χ2n) is 7.62. The van der Waals surface area contributed by atoms with Crippen LogP contribution in [0.2, 0.25) is 0 Å². The Morgan fingerprint density at radius 2 is 1.80 bits per heavy atom. The fourth-order valence-corrected chi connectivity index (χ4v) is 8.83. The van der Waals surface area contributed by atoms with Gasteiger partial charge < -0.3 is 39.9 Å². The Bertz CT molecular complexity index is 1160. The molecule has 35 heavy (non-hydrogen) atoms. The molecular weight excluding hydrogens is 633 g/mol. The second kappa shape index (κ2) is 11.2. The van der Waals surface area contributed by atoms with Gasteiger partial charge in [0, 0.05) is 12.3 Å². The lowest BCUT2D eigenvalue weighted by atomic mass is 10.1. The van der Waals surface area contributed by atoms with Crippen LogP contribution in [0.3, 0.4) is 0 Å². The summed E-state index contributed by atoms with van der Waals surface area (Å²) in [5, 5.41) is 44.7. The van der Waals surface area contributed by atoms with Gasteiger partial charge in [0.05, 0.1) is 35.3 Å². The van der Waals surface area contributed by atoms with Crippen molar-refractivity contribution < 1.29 is 57.9 Å². The standard InChI is InChI=1S/C16H23IN2O14P2/c17-35(29,33-34(27,28)6-7-3-8(21)12(23)9(4-20)31-7)30-5-10-13(24)14(25)15(32-10)19-2-1-11(22)18-16(19)26/h1-3,8-10,12-15,20-21,23-25H,4-6H2,(H,27,28)(H,18,22,26)/t8?,9?,10-,12?,13?,14?,15-,35?/m1/s1. The van der Waals surface area contributed by atoms with E-state index in [4.69, 9.17) is 18.3 Å². The van der Waals surface area contributed by atoms with Crippen molar-refractivity contribution in [1.82, 2.24) is 9.55 Å². The Balaban J connectivity index is 1.61. The first-order valence-corrected chi connectivity index (χ1v) is 16.0. The highest BCUT2D eigenvalue weighted by Gasteiger charge is 2.46. The first-order chi connectivity index (χ1) is 16.2. The van der Waals surface area contributed by atoms with Gasteiger partial charge in [-0.25, -0.2) is 13.7 Å². The molecule has 0 radical (unpaired) electrons. The number of nitrogens with one attached hydrogen (secondary N) is 1. The van der Waals surface area contributed by atoms with E-state index in [9.17, 15) is 49.1 Å². The molecule has 0 aliphatic carbocycles. The van der Waals surface area contributed by atoms with Crippen LogP contribution >= 0.6 is 34.9 Å². The molecule has 16 nitrogen and oxygen atoms in total. The van der Waals surface area contributed by atoms with E-state index < -0.39 is 86.3 Å². The average molecular weight is 656 g/mol. The lowest BCUT2D eigenvalue weighted by Gasteiger charge is -2.31. The number of halogens is 1. The van der Waals surface area contributed by atoms with E-state index in [2.05, 4.69) is 0 Å². The number of nitrogens with zero attached hydrogens (tertiary/aromatic N) is 1. The number of aliphatic hydroxyl groups is 5. The van der Waals surface area contributed by atoms with Gasteiger partial charge in [-0.2, -0.15) is 0 Å². The number of aromatic amines is 1. The van der Waals surface area contributed by atoms with Crippen molar-refractivity contribution in [2.45, 2.75) is 42.9 Å². The molecule has 2 aliphatic rings. The van der Waals surface area contributed by atoms with Gasteiger partial charge in [0.15, 0.2) is 6.23 Å². The average Bonchev–Trinajstić information content (AvgIpc) is 3.02. The molecule has 1 fully saturated rings. The third kappa shape index (κ3) is 7.09. The molecule has 198 valence electrons. The maximum Gasteiger partial charge on any atom is 0.396 e. The van der Waals surface area contributed by atoms with Gasteiger partial charge in [-0.15, -0.1) is 0 Å². The van der Waals surface area contributed by atoms with Crippen molar-refractivity contribution in [3.8, 4) is 0 Å². The molecule has 9 atom stereocenters. The summed E-state index contributed by atoms with van der Waals surface area (Å²) in [5.74, 6) is -0.295. The molecule has 19 heteroatoms. The maximum atomic E-state index is 12.6. The summed E-state index contributed by atoms with van der Waals surface area (Å²) < 4.78 is 46.2. The van der Waals surface area contributed by atoms with E-state index >= 15 is 0 Å². The van der Waals surface area contributed by atoms with Crippen LogP contribution in [0.4, 0.5) is 0 Å². The molecule has 1 aromatic rings. The molecule has 0 bridgehead atoms. The van der Waals surface area contributed by atoms with E-state index in [0.29, 0.717) is 0 Å². The van der Waals surface area contributed by atoms with E-state index in [0.717, 1.165) is 44.9 Å². The van der Waals surface area contributed by atoms with Crippen LogP contribution in [0.15, 0.2) is 33.7 Å². The van der Waals surface area contributed by atoms with Crippen LogP contribution in [-0.2, 0) is 27.4 Å². The fraction of sp³-hybridized carbons (Fsp3) is 0.625. The number of aliphatic hydroxyl groups excluding tert-OH is 5. The largest absolute Gasteiger partial charge is 0.489 e. The minimum Gasteiger partial charge on any atom is -0.489 e. The van der Waals surface area contributed by atoms with E-state index in [1.807, 2.05) is 4.98 Å². The number of hydrogen-bond acceptors (Lipinski definition) is 13. The molecule has 1 saturated heterocycles. The van der Waals surface area contributed by atoms with Gasteiger partial charge >= 0.3 is 18.5 Å². The highest BCUT2D eigenvalue weighted by atomic mass is 127. The first-order valence-electron chi connectivity index (χ1n) is 9.88. The topological polar surface area (TPSA) is 247 Å². The number of rotatable bonds is 9. The van der Waals surface area contributed by atoms with Crippen molar-refractivity contribution in [2.24, 2.45) is 0 Å². The molecule has 2 aliphatic heterocycles. The lowest BCUT2D eigenvalue weighted by molar-refractivity contribution is -0.0902. The van der Waals surface area contributed by atoms with Crippen LogP contribution < -0.4 is 11.2 Å². The van der Waals surface area contributed by atoms with Gasteiger partial charge in [0.25, 0.3) is 5.56 Å². The quantitative estimate of drug-likeness (QED) is 0.111. The smallest absolute Gasteiger partial charge is 0.396 e. The molecule has 0 saturated carbocycles. The third-order valence-electron chi connectivity index (χ3n) is 5.01. The van der Waals surface area contributed by atoms with Gasteiger partial charge in [-0.05, 0) is 6.08 Å². The lowest BCUT2D eigenvalue weighted by Crippen LogP contribution is -2.44. The van der Waals surface area contributed by atoms with Crippen molar-refractivity contribution in [2.75, 3.05) is 19.4 Å². The maximum absolute atomic E-state index is 12.6. The SMILES string of the molecule is O=c1ccn([C@@H]2O[C@H](COP(=O)(I)OP(=O)(O)CC3=CC(O)C(O)C(CO)O3)C(O)C2O)c(=O)[nH]1. The Kier molecular flexibility index (Phi) is 9.16. The number of aromatic nitrogens is 2. The van der Waals surface area contributed by atoms with Crippen LogP contribution in [0, 0.1) is 0 Å².